The van der Waals surface area contributed by atoms with Gasteiger partial charge >= 0.3 is 5.97 Å². The molecule has 2 heterocycles. The van der Waals surface area contributed by atoms with E-state index in [-0.39, 0.29) is 30.9 Å². The molecule has 0 radical (unpaired) electrons. The van der Waals surface area contributed by atoms with Crippen LogP contribution in [-0.4, -0.2) is 55.7 Å². The van der Waals surface area contributed by atoms with Gasteiger partial charge in [-0.2, -0.15) is 4.31 Å². The Morgan fingerprint density at radius 2 is 1.54 bits per heavy atom. The minimum Gasteiger partial charge on any atom is -0.454 e. The lowest BCUT2D eigenvalue weighted by Gasteiger charge is -2.34. The van der Waals surface area contributed by atoms with Crippen molar-refractivity contribution in [3.8, 4) is 0 Å². The normalized spacial score (nSPS) is 18.6. The van der Waals surface area contributed by atoms with Gasteiger partial charge in [-0.3, -0.25) is 4.79 Å². The molecule has 0 aliphatic carbocycles. The zero-order valence-corrected chi connectivity index (χ0v) is 20.0. The molecule has 0 N–H and O–H groups in total. The summed E-state index contributed by atoms with van der Waals surface area (Å²) in [6, 6.07) is 23.7. The van der Waals surface area contributed by atoms with Crippen molar-refractivity contribution in [3.63, 3.8) is 0 Å². The second kappa shape index (κ2) is 9.64. The van der Waals surface area contributed by atoms with Crippen molar-refractivity contribution >= 4 is 21.9 Å². The molecule has 1 fully saturated rings. The number of cyclic esters (lactones) is 1. The van der Waals surface area contributed by atoms with E-state index in [1.54, 1.807) is 35.2 Å². The molecule has 2 aliphatic rings. The topological polar surface area (TPSA) is 84.0 Å². The smallest absolute Gasteiger partial charge is 0.339 e. The second-order valence-corrected chi connectivity index (χ2v) is 10.8. The molecular weight excluding hydrogens is 464 g/mol. The molecule has 3 aromatic rings. The molecule has 0 unspecified atom stereocenters. The van der Waals surface area contributed by atoms with Gasteiger partial charge in [0.15, 0.2) is 0 Å². The predicted octanol–water partition coefficient (Wildman–Crippen LogP) is 3.43. The minimum absolute atomic E-state index is 0.0503. The number of esters is 1. The molecule has 0 bridgehead atoms. The Bertz CT molecular complexity index is 1330. The average Bonchev–Trinajstić information content (AvgIpc) is 2.89. The molecule has 2 aliphatic heterocycles. The van der Waals surface area contributed by atoms with Gasteiger partial charge in [-0.05, 0) is 34.9 Å². The van der Waals surface area contributed by atoms with Crippen LogP contribution in [0.15, 0.2) is 78.9 Å². The molecule has 7 nitrogen and oxygen atoms in total. The van der Waals surface area contributed by atoms with E-state index in [9.17, 15) is 18.0 Å². The highest BCUT2D eigenvalue weighted by Crippen LogP contribution is 2.31. The van der Waals surface area contributed by atoms with Crippen LogP contribution in [0, 0.1) is 0 Å². The Balaban J connectivity index is 1.26. The number of hydrogen-bond acceptors (Lipinski definition) is 5. The van der Waals surface area contributed by atoms with E-state index < -0.39 is 16.0 Å². The van der Waals surface area contributed by atoms with Gasteiger partial charge in [0.25, 0.3) is 5.91 Å². The van der Waals surface area contributed by atoms with Gasteiger partial charge in [-0.25, -0.2) is 13.2 Å². The van der Waals surface area contributed by atoms with Crippen LogP contribution in [-0.2, 0) is 26.9 Å². The van der Waals surface area contributed by atoms with Crippen LogP contribution in [0.4, 0.5) is 0 Å². The van der Waals surface area contributed by atoms with Gasteiger partial charge in [-0.1, -0.05) is 60.7 Å². The lowest BCUT2D eigenvalue weighted by molar-refractivity contribution is 0.0252. The van der Waals surface area contributed by atoms with Crippen LogP contribution in [0.5, 0.6) is 0 Å². The molecular formula is C27H26N2O5S. The number of ether oxygens (including phenoxy) is 1. The molecule has 3 aromatic carbocycles. The zero-order valence-electron chi connectivity index (χ0n) is 19.2. The van der Waals surface area contributed by atoms with Gasteiger partial charge in [0.05, 0.1) is 11.3 Å². The quantitative estimate of drug-likeness (QED) is 0.512. The fraction of sp³-hybridized carbons (Fsp3) is 0.259. The van der Waals surface area contributed by atoms with E-state index >= 15 is 0 Å². The fourth-order valence-corrected chi connectivity index (χ4v) is 6.13. The van der Waals surface area contributed by atoms with Crippen molar-refractivity contribution in [3.05, 3.63) is 107 Å². The summed E-state index contributed by atoms with van der Waals surface area (Å²) >= 11 is 0. The molecule has 35 heavy (non-hydrogen) atoms. The number of carbonyl (C=O) groups excluding carboxylic acids is 2. The summed E-state index contributed by atoms with van der Waals surface area (Å²) in [7, 11) is -3.46. The molecule has 8 heteroatoms. The number of hydrogen-bond donors (Lipinski definition) is 0. The summed E-state index contributed by atoms with van der Waals surface area (Å²) in [6.07, 6.45) is 0.109. The van der Waals surface area contributed by atoms with Crippen LogP contribution in [0.25, 0.3) is 0 Å². The van der Waals surface area contributed by atoms with Crippen molar-refractivity contribution in [1.29, 1.82) is 0 Å². The average molecular weight is 491 g/mol. The highest BCUT2D eigenvalue weighted by atomic mass is 32.2. The predicted molar refractivity (Wildman–Crippen MR) is 131 cm³/mol. The van der Waals surface area contributed by atoms with Gasteiger partial charge in [0.1, 0.15) is 6.10 Å². The number of benzene rings is 3. The molecule has 0 saturated carbocycles. The second-order valence-electron chi connectivity index (χ2n) is 8.81. The molecule has 180 valence electrons. The maximum absolute atomic E-state index is 13.2. The third-order valence-electron chi connectivity index (χ3n) is 6.51. The Kier molecular flexibility index (Phi) is 6.40. The number of fused-ring (bicyclic) bond motifs is 1. The molecule has 1 saturated heterocycles. The highest BCUT2D eigenvalue weighted by molar-refractivity contribution is 7.88. The summed E-state index contributed by atoms with van der Waals surface area (Å²) in [4.78, 5) is 27.4. The first kappa shape index (κ1) is 23.3. The molecule has 1 amide bonds. The zero-order chi connectivity index (χ0) is 24.4. The number of amides is 1. The number of nitrogens with zero attached hydrogens (tertiary/aromatic N) is 2. The van der Waals surface area contributed by atoms with Crippen molar-refractivity contribution in [2.45, 2.75) is 18.3 Å². The van der Waals surface area contributed by atoms with Gasteiger partial charge in [0, 0.05) is 38.2 Å². The lowest BCUT2D eigenvalue weighted by atomic mass is 9.93. The van der Waals surface area contributed by atoms with Gasteiger partial charge < -0.3 is 9.64 Å². The van der Waals surface area contributed by atoms with Gasteiger partial charge in [-0.15, -0.1) is 0 Å². The Labute approximate surface area is 205 Å². The molecule has 0 aromatic heterocycles. The van der Waals surface area contributed by atoms with Crippen LogP contribution in [0.1, 0.15) is 43.5 Å². The van der Waals surface area contributed by atoms with E-state index in [4.69, 9.17) is 4.74 Å². The minimum atomic E-state index is -3.46. The molecule has 5 rings (SSSR count). The van der Waals surface area contributed by atoms with Crippen molar-refractivity contribution in [2.75, 3.05) is 26.2 Å². The molecule has 0 spiro atoms. The first-order valence-electron chi connectivity index (χ1n) is 11.6. The lowest BCUT2D eigenvalue weighted by Crippen LogP contribution is -2.50. The summed E-state index contributed by atoms with van der Waals surface area (Å²) in [5, 5.41) is 0. The number of piperazine rings is 1. The Morgan fingerprint density at radius 3 is 2.23 bits per heavy atom. The van der Waals surface area contributed by atoms with E-state index in [2.05, 4.69) is 0 Å². The fourth-order valence-electron chi connectivity index (χ4n) is 4.61. The maximum atomic E-state index is 13.2. The van der Waals surface area contributed by atoms with E-state index in [0.29, 0.717) is 30.6 Å². The Hall–Kier alpha value is -3.49. The maximum Gasteiger partial charge on any atom is 0.339 e. The van der Waals surface area contributed by atoms with E-state index in [0.717, 1.165) is 16.7 Å². The third-order valence-corrected chi connectivity index (χ3v) is 8.36. The number of carbonyl (C=O) groups is 2. The van der Waals surface area contributed by atoms with Crippen molar-refractivity contribution in [1.82, 2.24) is 9.21 Å². The summed E-state index contributed by atoms with van der Waals surface area (Å²) < 4.78 is 32.7. The SMILES string of the molecule is O=C1O[C@H](c2ccccc2)Cc2cc(C(=O)N3CCN(S(=O)(=O)Cc4ccccc4)CC3)ccc21. The van der Waals surface area contributed by atoms with E-state index in [1.807, 2.05) is 48.5 Å². The van der Waals surface area contributed by atoms with Crippen LogP contribution in [0.2, 0.25) is 0 Å². The van der Waals surface area contributed by atoms with Crippen LogP contribution < -0.4 is 0 Å². The van der Waals surface area contributed by atoms with E-state index in [1.165, 1.54) is 4.31 Å². The third kappa shape index (κ3) is 4.99. The first-order chi connectivity index (χ1) is 16.9. The summed E-state index contributed by atoms with van der Waals surface area (Å²) in [6.45, 7) is 1.15. The first-order valence-corrected chi connectivity index (χ1v) is 13.2. The number of sulfonamides is 1. The largest absolute Gasteiger partial charge is 0.454 e. The van der Waals surface area contributed by atoms with Crippen molar-refractivity contribution in [2.24, 2.45) is 0 Å². The van der Waals surface area contributed by atoms with Crippen LogP contribution >= 0.6 is 0 Å². The summed E-state index contributed by atoms with van der Waals surface area (Å²) in [5.74, 6) is -0.606. The van der Waals surface area contributed by atoms with Gasteiger partial charge in [0.2, 0.25) is 10.0 Å². The van der Waals surface area contributed by atoms with Crippen LogP contribution in [0.3, 0.4) is 0 Å². The monoisotopic (exact) mass is 490 g/mol. The Morgan fingerprint density at radius 1 is 0.886 bits per heavy atom. The molecule has 1 atom stereocenters. The van der Waals surface area contributed by atoms with Crippen molar-refractivity contribution < 1.29 is 22.7 Å². The highest BCUT2D eigenvalue weighted by Gasteiger charge is 2.31. The standard InChI is InChI=1S/C27H26N2O5S/c30-26(28-13-15-29(16-14-28)35(32,33)19-20-7-3-1-4-8-20)22-11-12-24-23(17-22)18-25(34-27(24)31)21-9-5-2-6-10-21/h1-12,17,25H,13-16,18-19H2/t25-/m0/s1. The number of rotatable bonds is 5. The summed E-state index contributed by atoms with van der Waals surface area (Å²) in [5.41, 5.74) is 3.41.